The molecule has 0 bridgehead atoms. The summed E-state index contributed by atoms with van der Waals surface area (Å²) in [6.07, 6.45) is -0.0169. The second-order valence-electron chi connectivity index (χ2n) is 5.91. The van der Waals surface area contributed by atoms with Gasteiger partial charge in [0.1, 0.15) is 0 Å². The van der Waals surface area contributed by atoms with Crippen LogP contribution in [0.25, 0.3) is 22.5 Å². The van der Waals surface area contributed by atoms with Crippen molar-refractivity contribution in [3.05, 3.63) is 64.3 Å². The number of amides is 1. The Morgan fingerprint density at radius 1 is 1.15 bits per heavy atom. The Morgan fingerprint density at radius 2 is 1.96 bits per heavy atom. The summed E-state index contributed by atoms with van der Waals surface area (Å²) in [7, 11) is 0. The Morgan fingerprint density at radius 3 is 2.77 bits per heavy atom. The number of anilines is 1. The van der Waals surface area contributed by atoms with Gasteiger partial charge in [0, 0.05) is 5.69 Å². The molecule has 0 saturated heterocycles. The number of aromatic nitrogens is 4. The quantitative estimate of drug-likeness (QED) is 0.523. The summed E-state index contributed by atoms with van der Waals surface area (Å²) in [6.45, 7) is 1.98. The van der Waals surface area contributed by atoms with E-state index in [1.54, 1.807) is 18.2 Å². The van der Waals surface area contributed by atoms with Gasteiger partial charge >= 0.3 is 5.69 Å². The van der Waals surface area contributed by atoms with Crippen molar-refractivity contribution in [1.29, 1.82) is 0 Å². The van der Waals surface area contributed by atoms with E-state index in [-0.39, 0.29) is 29.7 Å². The van der Waals surface area contributed by atoms with Crippen LogP contribution in [0.1, 0.15) is 11.4 Å². The lowest BCUT2D eigenvalue weighted by molar-refractivity contribution is -0.115. The van der Waals surface area contributed by atoms with Gasteiger partial charge in [0.05, 0.1) is 23.0 Å². The van der Waals surface area contributed by atoms with Crippen LogP contribution >= 0.6 is 0 Å². The first-order valence-corrected chi connectivity index (χ1v) is 7.99. The summed E-state index contributed by atoms with van der Waals surface area (Å²) < 4.78 is 5.26. The second-order valence-corrected chi connectivity index (χ2v) is 5.91. The third-order valence-corrected chi connectivity index (χ3v) is 3.90. The first-order valence-electron chi connectivity index (χ1n) is 7.99. The highest BCUT2D eigenvalue weighted by molar-refractivity contribution is 5.92. The van der Waals surface area contributed by atoms with Crippen LogP contribution in [0.5, 0.6) is 0 Å². The standard InChI is InChI=1S/C18H15N5O3/c1-10-5-7-11(8-6-10)19-15(24)9-14-21-17(26-23-14)12-3-2-4-13-16(12)22-18(25)20-13/h2-8H,9H2,1H3,(H,19,24)(H2,20,22,25). The van der Waals surface area contributed by atoms with Gasteiger partial charge in [0.15, 0.2) is 5.82 Å². The monoisotopic (exact) mass is 349 g/mol. The molecule has 26 heavy (non-hydrogen) atoms. The molecule has 4 aromatic rings. The Labute approximate surface area is 147 Å². The molecule has 0 spiro atoms. The van der Waals surface area contributed by atoms with Gasteiger partial charge in [-0.05, 0) is 31.2 Å². The van der Waals surface area contributed by atoms with E-state index in [1.165, 1.54) is 0 Å². The molecule has 0 aliphatic heterocycles. The maximum absolute atomic E-state index is 12.1. The molecule has 2 aromatic carbocycles. The number of hydrogen-bond donors (Lipinski definition) is 3. The highest BCUT2D eigenvalue weighted by Gasteiger charge is 2.15. The topological polar surface area (TPSA) is 117 Å². The molecule has 2 aromatic heterocycles. The van der Waals surface area contributed by atoms with E-state index in [1.807, 2.05) is 31.2 Å². The number of nitrogens with zero attached hydrogens (tertiary/aromatic N) is 2. The number of para-hydroxylation sites is 1. The normalized spacial score (nSPS) is 11.0. The number of benzene rings is 2. The van der Waals surface area contributed by atoms with E-state index in [2.05, 4.69) is 25.4 Å². The van der Waals surface area contributed by atoms with Crippen molar-refractivity contribution in [2.45, 2.75) is 13.3 Å². The van der Waals surface area contributed by atoms with Gasteiger partial charge in [-0.1, -0.05) is 28.9 Å². The lowest BCUT2D eigenvalue weighted by Crippen LogP contribution is -2.15. The van der Waals surface area contributed by atoms with Crippen molar-refractivity contribution in [2.24, 2.45) is 0 Å². The summed E-state index contributed by atoms with van der Waals surface area (Å²) in [5, 5.41) is 6.64. The van der Waals surface area contributed by atoms with Crippen LogP contribution in [-0.2, 0) is 11.2 Å². The average molecular weight is 349 g/mol. The molecule has 0 unspecified atom stereocenters. The van der Waals surface area contributed by atoms with Crippen molar-refractivity contribution >= 4 is 22.6 Å². The lowest BCUT2D eigenvalue weighted by Gasteiger charge is -2.03. The maximum atomic E-state index is 12.1. The average Bonchev–Trinajstić information content (AvgIpc) is 3.22. The molecule has 1 amide bonds. The van der Waals surface area contributed by atoms with Gasteiger partial charge in [-0.25, -0.2) is 4.79 Å². The van der Waals surface area contributed by atoms with Crippen LogP contribution < -0.4 is 11.0 Å². The number of carbonyl (C=O) groups excluding carboxylic acids is 1. The summed E-state index contributed by atoms with van der Waals surface area (Å²) in [6, 6.07) is 12.8. The SMILES string of the molecule is Cc1ccc(NC(=O)Cc2noc(-c3cccc4[nH]c(=O)[nH]c34)n2)cc1. The van der Waals surface area contributed by atoms with Gasteiger partial charge in [0.25, 0.3) is 5.89 Å². The minimum Gasteiger partial charge on any atom is -0.334 e. The van der Waals surface area contributed by atoms with Crippen LogP contribution in [0.3, 0.4) is 0 Å². The number of rotatable bonds is 4. The molecular formula is C18H15N5O3. The number of aromatic amines is 2. The molecule has 2 heterocycles. The highest BCUT2D eigenvalue weighted by Crippen LogP contribution is 2.24. The van der Waals surface area contributed by atoms with Gasteiger partial charge < -0.3 is 19.8 Å². The van der Waals surface area contributed by atoms with Crippen LogP contribution in [0.2, 0.25) is 0 Å². The van der Waals surface area contributed by atoms with E-state index < -0.39 is 0 Å². The number of nitrogens with one attached hydrogen (secondary N) is 3. The van der Waals surface area contributed by atoms with E-state index in [0.29, 0.717) is 22.3 Å². The third-order valence-electron chi connectivity index (χ3n) is 3.90. The minimum atomic E-state index is -0.315. The van der Waals surface area contributed by atoms with Crippen molar-refractivity contribution in [3.8, 4) is 11.5 Å². The highest BCUT2D eigenvalue weighted by atomic mass is 16.5. The zero-order valence-electron chi connectivity index (χ0n) is 13.9. The fourth-order valence-corrected chi connectivity index (χ4v) is 2.66. The molecule has 0 radical (unpaired) electrons. The molecule has 130 valence electrons. The number of aryl methyl sites for hydroxylation is 1. The molecule has 0 aliphatic carbocycles. The van der Waals surface area contributed by atoms with E-state index in [4.69, 9.17) is 4.52 Å². The van der Waals surface area contributed by atoms with Gasteiger partial charge in [-0.2, -0.15) is 4.98 Å². The summed E-state index contributed by atoms with van der Waals surface area (Å²) in [4.78, 5) is 33.3. The summed E-state index contributed by atoms with van der Waals surface area (Å²) >= 11 is 0. The Bertz CT molecular complexity index is 1140. The van der Waals surface area contributed by atoms with Crippen molar-refractivity contribution in [1.82, 2.24) is 20.1 Å². The largest absolute Gasteiger partial charge is 0.334 e. The fourth-order valence-electron chi connectivity index (χ4n) is 2.66. The second kappa shape index (κ2) is 6.32. The van der Waals surface area contributed by atoms with E-state index in [0.717, 1.165) is 5.56 Å². The third kappa shape index (κ3) is 3.12. The molecule has 8 heteroatoms. The summed E-state index contributed by atoms with van der Waals surface area (Å²) in [5.41, 5.74) is 3.33. The Kier molecular flexibility index (Phi) is 3.85. The van der Waals surface area contributed by atoms with Gasteiger partial charge in [-0.3, -0.25) is 4.79 Å². The molecule has 3 N–H and O–H groups in total. The molecule has 0 saturated carbocycles. The zero-order valence-corrected chi connectivity index (χ0v) is 13.9. The first kappa shape index (κ1) is 15.8. The smallest absolute Gasteiger partial charge is 0.323 e. The number of carbonyl (C=O) groups is 1. The van der Waals surface area contributed by atoms with Crippen LogP contribution in [0.4, 0.5) is 5.69 Å². The minimum absolute atomic E-state index is 0.0169. The molecule has 8 nitrogen and oxygen atoms in total. The molecule has 0 atom stereocenters. The van der Waals surface area contributed by atoms with Crippen LogP contribution in [0.15, 0.2) is 51.8 Å². The van der Waals surface area contributed by atoms with Crippen LogP contribution in [0, 0.1) is 6.92 Å². The van der Waals surface area contributed by atoms with Crippen molar-refractivity contribution in [3.63, 3.8) is 0 Å². The number of H-pyrrole nitrogens is 2. The predicted molar refractivity (Wildman–Crippen MR) is 95.7 cm³/mol. The number of fused-ring (bicyclic) bond motifs is 1. The molecule has 0 aliphatic rings. The number of hydrogen-bond acceptors (Lipinski definition) is 5. The van der Waals surface area contributed by atoms with Crippen molar-refractivity contribution < 1.29 is 9.32 Å². The summed E-state index contributed by atoms with van der Waals surface area (Å²) in [5.74, 6) is 0.262. The van der Waals surface area contributed by atoms with Gasteiger partial charge in [0.2, 0.25) is 5.91 Å². The molecular weight excluding hydrogens is 334 g/mol. The fraction of sp³-hybridized carbons (Fsp3) is 0.111. The van der Waals surface area contributed by atoms with E-state index >= 15 is 0 Å². The Balaban J connectivity index is 1.53. The predicted octanol–water partition coefficient (Wildman–Crippen LogP) is 2.40. The van der Waals surface area contributed by atoms with E-state index in [9.17, 15) is 9.59 Å². The van der Waals surface area contributed by atoms with Crippen LogP contribution in [-0.4, -0.2) is 26.0 Å². The lowest BCUT2D eigenvalue weighted by atomic mass is 10.2. The maximum Gasteiger partial charge on any atom is 0.323 e. The van der Waals surface area contributed by atoms with Gasteiger partial charge in [-0.15, -0.1) is 0 Å². The zero-order chi connectivity index (χ0) is 18.1. The number of imidazole rings is 1. The Hall–Kier alpha value is -3.68. The molecule has 0 fully saturated rings. The first-order chi connectivity index (χ1) is 12.6. The van der Waals surface area contributed by atoms with Crippen molar-refractivity contribution in [2.75, 3.05) is 5.32 Å². The molecule has 4 rings (SSSR count).